The fourth-order valence-electron chi connectivity index (χ4n) is 5.36. The van der Waals surface area contributed by atoms with E-state index in [1.807, 2.05) is 12.1 Å². The van der Waals surface area contributed by atoms with Crippen molar-refractivity contribution in [2.45, 2.75) is 51.1 Å². The van der Waals surface area contributed by atoms with E-state index in [4.69, 9.17) is 23.2 Å². The molecule has 114 valence electrons. The van der Waals surface area contributed by atoms with Gasteiger partial charge >= 0.3 is 0 Å². The molecule has 4 aliphatic rings. The van der Waals surface area contributed by atoms with Gasteiger partial charge in [-0.05, 0) is 80.4 Å². The molecule has 0 heterocycles. The summed E-state index contributed by atoms with van der Waals surface area (Å²) in [6.45, 7) is 2.25. The average Bonchev–Trinajstić information content (AvgIpc) is 2.45. The summed E-state index contributed by atoms with van der Waals surface area (Å²) in [5, 5.41) is 5.22. The Balaban J connectivity index is 1.49. The quantitative estimate of drug-likeness (QED) is 0.777. The van der Waals surface area contributed by atoms with Crippen molar-refractivity contribution in [1.82, 2.24) is 5.32 Å². The summed E-state index contributed by atoms with van der Waals surface area (Å²) in [6, 6.07) is 7.08. The Bertz CT molecular complexity index is 514. The van der Waals surface area contributed by atoms with E-state index >= 15 is 0 Å². The van der Waals surface area contributed by atoms with Crippen LogP contribution < -0.4 is 5.32 Å². The topological polar surface area (TPSA) is 12.0 Å². The lowest BCUT2D eigenvalue weighted by atomic mass is 9.54. The SMILES string of the molecule is CC(NC1C2CC3CC(C2)CC1C3)c1ccc(Cl)c(Cl)c1. The molecule has 1 atom stereocenters. The molecule has 0 aliphatic heterocycles. The second-order valence-electron chi connectivity index (χ2n) is 7.52. The van der Waals surface area contributed by atoms with Gasteiger partial charge in [-0.15, -0.1) is 0 Å². The van der Waals surface area contributed by atoms with Crippen LogP contribution in [0.5, 0.6) is 0 Å². The Hall–Kier alpha value is -0.240. The van der Waals surface area contributed by atoms with Gasteiger partial charge in [-0.3, -0.25) is 0 Å². The number of hydrogen-bond acceptors (Lipinski definition) is 1. The van der Waals surface area contributed by atoms with Gasteiger partial charge in [0.05, 0.1) is 10.0 Å². The Morgan fingerprint density at radius 1 is 0.952 bits per heavy atom. The van der Waals surface area contributed by atoms with Gasteiger partial charge in [-0.25, -0.2) is 0 Å². The highest BCUT2D eigenvalue weighted by molar-refractivity contribution is 6.42. The lowest BCUT2D eigenvalue weighted by Gasteiger charge is -2.55. The third kappa shape index (κ3) is 2.62. The van der Waals surface area contributed by atoms with E-state index in [9.17, 15) is 0 Å². The van der Waals surface area contributed by atoms with E-state index in [0.29, 0.717) is 22.1 Å². The maximum absolute atomic E-state index is 6.16. The van der Waals surface area contributed by atoms with E-state index in [1.54, 1.807) is 0 Å². The molecule has 0 aromatic heterocycles. The highest BCUT2D eigenvalue weighted by Crippen LogP contribution is 2.54. The first kappa shape index (κ1) is 14.4. The monoisotopic (exact) mass is 323 g/mol. The summed E-state index contributed by atoms with van der Waals surface area (Å²) >= 11 is 12.2. The zero-order chi connectivity index (χ0) is 14.6. The van der Waals surface area contributed by atoms with E-state index in [0.717, 1.165) is 23.7 Å². The average molecular weight is 324 g/mol. The molecule has 4 fully saturated rings. The molecular formula is C18H23Cl2N. The maximum Gasteiger partial charge on any atom is 0.0595 e. The van der Waals surface area contributed by atoms with Gasteiger partial charge < -0.3 is 5.32 Å². The Labute approximate surface area is 137 Å². The standard InChI is InChI=1S/C18H23Cl2N/c1-10(13-2-3-16(19)17(20)9-13)21-18-14-5-11-4-12(7-14)8-15(18)6-11/h2-3,9-12,14-15,18,21H,4-8H2,1H3. The first-order chi connectivity index (χ1) is 10.1. The van der Waals surface area contributed by atoms with Crippen molar-refractivity contribution in [3.63, 3.8) is 0 Å². The minimum atomic E-state index is 0.349. The third-order valence-electron chi connectivity index (χ3n) is 6.11. The fourth-order valence-corrected chi connectivity index (χ4v) is 5.67. The minimum absolute atomic E-state index is 0.349. The predicted molar refractivity (Wildman–Crippen MR) is 88.8 cm³/mol. The van der Waals surface area contributed by atoms with Crippen LogP contribution in [0.25, 0.3) is 0 Å². The molecule has 3 heteroatoms. The zero-order valence-corrected chi connectivity index (χ0v) is 14.0. The van der Waals surface area contributed by atoms with Crippen molar-refractivity contribution < 1.29 is 0 Å². The second-order valence-corrected chi connectivity index (χ2v) is 8.33. The van der Waals surface area contributed by atoms with Crippen LogP contribution in [0.1, 0.15) is 50.6 Å². The number of nitrogens with one attached hydrogen (secondary N) is 1. The summed E-state index contributed by atoms with van der Waals surface area (Å²) in [4.78, 5) is 0. The molecule has 4 saturated carbocycles. The number of rotatable bonds is 3. The van der Waals surface area contributed by atoms with Gasteiger partial charge in [0, 0.05) is 12.1 Å². The predicted octanol–water partition coefficient (Wildman–Crippen LogP) is 5.47. The second kappa shape index (κ2) is 5.44. The van der Waals surface area contributed by atoms with Gasteiger partial charge in [0.15, 0.2) is 0 Å². The van der Waals surface area contributed by atoms with Crippen molar-refractivity contribution in [1.29, 1.82) is 0 Å². The van der Waals surface area contributed by atoms with Crippen LogP contribution in [0.15, 0.2) is 18.2 Å². The molecule has 0 saturated heterocycles. The molecule has 21 heavy (non-hydrogen) atoms. The van der Waals surface area contributed by atoms with Crippen molar-refractivity contribution in [2.24, 2.45) is 23.7 Å². The number of hydrogen-bond donors (Lipinski definition) is 1. The van der Waals surface area contributed by atoms with E-state index in [1.165, 1.54) is 37.7 Å². The first-order valence-corrected chi connectivity index (χ1v) is 9.06. The Kier molecular flexibility index (Phi) is 3.72. The van der Waals surface area contributed by atoms with Crippen LogP contribution in [-0.4, -0.2) is 6.04 Å². The van der Waals surface area contributed by atoms with Crippen LogP contribution in [-0.2, 0) is 0 Å². The maximum atomic E-state index is 6.16. The molecule has 5 rings (SSSR count). The highest BCUT2D eigenvalue weighted by atomic mass is 35.5. The molecule has 0 spiro atoms. The summed E-state index contributed by atoms with van der Waals surface area (Å²) in [5.41, 5.74) is 1.25. The molecule has 1 N–H and O–H groups in total. The van der Waals surface area contributed by atoms with Gasteiger partial charge in [0.25, 0.3) is 0 Å². The lowest BCUT2D eigenvalue weighted by Crippen LogP contribution is -2.54. The smallest absolute Gasteiger partial charge is 0.0595 e. The number of benzene rings is 1. The van der Waals surface area contributed by atoms with E-state index < -0.39 is 0 Å². The van der Waals surface area contributed by atoms with Crippen LogP contribution in [0.3, 0.4) is 0 Å². The van der Waals surface area contributed by atoms with Crippen molar-refractivity contribution in [3.05, 3.63) is 33.8 Å². The van der Waals surface area contributed by atoms with Crippen molar-refractivity contribution in [3.8, 4) is 0 Å². The minimum Gasteiger partial charge on any atom is -0.307 e. The van der Waals surface area contributed by atoms with Crippen LogP contribution in [0.2, 0.25) is 10.0 Å². The van der Waals surface area contributed by atoms with Gasteiger partial charge in [-0.2, -0.15) is 0 Å². The zero-order valence-electron chi connectivity index (χ0n) is 12.5. The van der Waals surface area contributed by atoms with Gasteiger partial charge in [-0.1, -0.05) is 29.3 Å². The van der Waals surface area contributed by atoms with E-state index in [2.05, 4.69) is 18.3 Å². The normalized spacial score (nSPS) is 38.7. The third-order valence-corrected chi connectivity index (χ3v) is 6.85. The molecule has 0 amide bonds. The summed E-state index contributed by atoms with van der Waals surface area (Å²) in [6.07, 6.45) is 7.34. The molecule has 4 bridgehead atoms. The number of halogens is 2. The first-order valence-electron chi connectivity index (χ1n) is 8.31. The van der Waals surface area contributed by atoms with Crippen LogP contribution >= 0.6 is 23.2 Å². The highest BCUT2D eigenvalue weighted by Gasteiger charge is 2.48. The van der Waals surface area contributed by atoms with Crippen molar-refractivity contribution >= 4 is 23.2 Å². The van der Waals surface area contributed by atoms with Crippen LogP contribution in [0, 0.1) is 23.7 Å². The molecular weight excluding hydrogens is 301 g/mol. The largest absolute Gasteiger partial charge is 0.307 e. The summed E-state index contributed by atoms with van der Waals surface area (Å²) in [5.74, 6) is 3.88. The summed E-state index contributed by atoms with van der Waals surface area (Å²) in [7, 11) is 0. The van der Waals surface area contributed by atoms with Gasteiger partial charge in [0.2, 0.25) is 0 Å². The van der Waals surface area contributed by atoms with Crippen LogP contribution in [0.4, 0.5) is 0 Å². The molecule has 0 radical (unpaired) electrons. The molecule has 1 nitrogen and oxygen atoms in total. The fraction of sp³-hybridized carbons (Fsp3) is 0.667. The Morgan fingerprint density at radius 3 is 2.14 bits per heavy atom. The van der Waals surface area contributed by atoms with E-state index in [-0.39, 0.29) is 0 Å². The molecule has 4 aliphatic carbocycles. The molecule has 1 unspecified atom stereocenters. The lowest BCUT2D eigenvalue weighted by molar-refractivity contribution is -0.0171. The molecule has 1 aromatic rings. The van der Waals surface area contributed by atoms with Gasteiger partial charge in [0.1, 0.15) is 0 Å². The summed E-state index contributed by atoms with van der Waals surface area (Å²) < 4.78 is 0. The van der Waals surface area contributed by atoms with Crippen molar-refractivity contribution in [2.75, 3.05) is 0 Å². The Morgan fingerprint density at radius 2 is 1.57 bits per heavy atom. The molecule has 1 aromatic carbocycles.